The number of rotatable bonds is 3. The van der Waals surface area contributed by atoms with E-state index in [2.05, 4.69) is 20.9 Å². The number of ether oxygens (including phenoxy) is 2. The van der Waals surface area contributed by atoms with Crippen molar-refractivity contribution in [1.29, 1.82) is 0 Å². The van der Waals surface area contributed by atoms with Crippen molar-refractivity contribution < 1.29 is 9.47 Å². The Morgan fingerprint density at radius 1 is 1.06 bits per heavy atom. The molecule has 0 saturated heterocycles. The van der Waals surface area contributed by atoms with Gasteiger partial charge in [-0.1, -0.05) is 0 Å². The third kappa shape index (κ3) is 2.77. The highest BCUT2D eigenvalue weighted by Crippen LogP contribution is 2.30. The highest BCUT2D eigenvalue weighted by molar-refractivity contribution is 9.10. The van der Waals surface area contributed by atoms with E-state index in [4.69, 9.17) is 9.47 Å². The third-order valence-electron chi connectivity index (χ3n) is 2.32. The van der Waals surface area contributed by atoms with Gasteiger partial charge in [-0.25, -0.2) is 4.98 Å². The first-order valence-electron chi connectivity index (χ1n) is 5.13. The maximum Gasteiger partial charge on any atom is 0.233 e. The second-order valence-corrected chi connectivity index (χ2v) is 4.32. The Labute approximate surface area is 109 Å². The zero-order valence-electron chi connectivity index (χ0n) is 9.61. The summed E-state index contributed by atoms with van der Waals surface area (Å²) in [5, 5.41) is 0. The summed E-state index contributed by atoms with van der Waals surface area (Å²) in [6, 6.07) is 9.30. The summed E-state index contributed by atoms with van der Waals surface area (Å²) < 4.78 is 11.6. The molecule has 1 aromatic carbocycles. The number of aromatic nitrogens is 1. The van der Waals surface area contributed by atoms with E-state index in [9.17, 15) is 0 Å². The molecule has 0 radical (unpaired) electrons. The fraction of sp³-hybridized carbons (Fsp3) is 0.154. The first-order valence-corrected chi connectivity index (χ1v) is 5.93. The van der Waals surface area contributed by atoms with Crippen molar-refractivity contribution in [1.82, 2.24) is 4.98 Å². The molecule has 1 heterocycles. The molecule has 4 heteroatoms. The molecule has 1 aromatic heterocycles. The van der Waals surface area contributed by atoms with Crippen molar-refractivity contribution in [3.05, 3.63) is 46.6 Å². The zero-order valence-corrected chi connectivity index (χ0v) is 11.2. The molecule has 0 aliphatic carbocycles. The molecule has 3 nitrogen and oxygen atoms in total. The molecule has 0 fully saturated rings. The van der Waals surface area contributed by atoms with Crippen molar-refractivity contribution in [3.63, 3.8) is 0 Å². The van der Waals surface area contributed by atoms with Crippen LogP contribution in [0.4, 0.5) is 0 Å². The van der Waals surface area contributed by atoms with Crippen LogP contribution < -0.4 is 9.47 Å². The van der Waals surface area contributed by atoms with Crippen LogP contribution in [0.3, 0.4) is 0 Å². The van der Waals surface area contributed by atoms with Crippen LogP contribution >= 0.6 is 15.9 Å². The number of nitrogens with zero attached hydrogens (tertiary/aromatic N) is 1. The predicted octanol–water partition coefficient (Wildman–Crippen LogP) is 3.95. The summed E-state index contributed by atoms with van der Waals surface area (Å²) in [6.45, 7) is 1.99. The molecule has 0 N–H and O–H groups in total. The van der Waals surface area contributed by atoms with Crippen LogP contribution in [0.5, 0.6) is 17.4 Å². The van der Waals surface area contributed by atoms with E-state index >= 15 is 0 Å². The van der Waals surface area contributed by atoms with E-state index in [0.717, 1.165) is 21.5 Å². The van der Waals surface area contributed by atoms with E-state index in [1.165, 1.54) is 0 Å². The minimum atomic E-state index is 0.565. The van der Waals surface area contributed by atoms with Gasteiger partial charge in [0.1, 0.15) is 11.5 Å². The van der Waals surface area contributed by atoms with Gasteiger partial charge in [0.25, 0.3) is 0 Å². The van der Waals surface area contributed by atoms with Crippen molar-refractivity contribution in [3.8, 4) is 17.4 Å². The molecule has 0 amide bonds. The number of hydrogen-bond acceptors (Lipinski definition) is 3. The molecule has 0 aliphatic rings. The highest BCUT2D eigenvalue weighted by Gasteiger charge is 2.06. The Hall–Kier alpha value is -1.55. The predicted molar refractivity (Wildman–Crippen MR) is 69.7 cm³/mol. The summed E-state index contributed by atoms with van der Waals surface area (Å²) in [5.41, 5.74) is 1.09. The Balaban J connectivity index is 2.22. The smallest absolute Gasteiger partial charge is 0.233 e. The maximum absolute atomic E-state index is 5.68. The molecule has 0 bridgehead atoms. The van der Waals surface area contributed by atoms with Gasteiger partial charge >= 0.3 is 0 Å². The SMILES string of the molecule is COc1ccc(Oc2nccc(C)c2Br)cc1. The molecule has 0 unspecified atom stereocenters. The van der Waals surface area contributed by atoms with Crippen molar-refractivity contribution in [2.24, 2.45) is 0 Å². The fourth-order valence-electron chi connectivity index (χ4n) is 1.34. The van der Waals surface area contributed by atoms with Crippen LogP contribution in [0.1, 0.15) is 5.56 Å². The highest BCUT2D eigenvalue weighted by atomic mass is 79.9. The number of hydrogen-bond donors (Lipinski definition) is 0. The van der Waals surface area contributed by atoms with Crippen LogP contribution in [0.25, 0.3) is 0 Å². The molecule has 2 rings (SSSR count). The monoisotopic (exact) mass is 293 g/mol. The normalized spacial score (nSPS) is 10.1. The lowest BCUT2D eigenvalue weighted by Crippen LogP contribution is -1.91. The molecule has 0 aliphatic heterocycles. The van der Waals surface area contributed by atoms with Crippen LogP contribution in [0.2, 0.25) is 0 Å². The fourth-order valence-corrected chi connectivity index (χ4v) is 1.66. The number of benzene rings is 1. The summed E-state index contributed by atoms with van der Waals surface area (Å²) >= 11 is 3.45. The van der Waals surface area contributed by atoms with Crippen molar-refractivity contribution in [2.75, 3.05) is 7.11 Å². The first-order chi connectivity index (χ1) is 8.20. The number of pyridine rings is 1. The van der Waals surface area contributed by atoms with Crippen molar-refractivity contribution >= 4 is 15.9 Å². The average molecular weight is 294 g/mol. The molecule has 2 aromatic rings. The van der Waals surface area contributed by atoms with E-state index in [0.29, 0.717) is 5.88 Å². The second kappa shape index (κ2) is 5.19. The Kier molecular flexibility index (Phi) is 3.64. The minimum Gasteiger partial charge on any atom is -0.497 e. The van der Waals surface area contributed by atoms with Gasteiger partial charge in [0.15, 0.2) is 0 Å². The average Bonchev–Trinajstić information content (AvgIpc) is 2.36. The molecule has 17 heavy (non-hydrogen) atoms. The summed E-state index contributed by atoms with van der Waals surface area (Å²) in [6.07, 6.45) is 1.72. The summed E-state index contributed by atoms with van der Waals surface area (Å²) in [7, 11) is 1.63. The lowest BCUT2D eigenvalue weighted by molar-refractivity contribution is 0.412. The Morgan fingerprint density at radius 3 is 2.35 bits per heavy atom. The van der Waals surface area contributed by atoms with E-state index in [1.54, 1.807) is 13.3 Å². The topological polar surface area (TPSA) is 31.4 Å². The zero-order chi connectivity index (χ0) is 12.3. The lowest BCUT2D eigenvalue weighted by Gasteiger charge is -2.08. The van der Waals surface area contributed by atoms with Gasteiger partial charge in [0.2, 0.25) is 5.88 Å². The summed E-state index contributed by atoms with van der Waals surface area (Å²) in [5.74, 6) is 2.09. The molecule has 88 valence electrons. The second-order valence-electron chi connectivity index (χ2n) is 3.52. The Morgan fingerprint density at radius 2 is 1.71 bits per heavy atom. The number of halogens is 1. The molecule has 0 spiro atoms. The quantitative estimate of drug-likeness (QED) is 0.858. The lowest BCUT2D eigenvalue weighted by atomic mass is 10.3. The van der Waals surface area contributed by atoms with E-state index in [1.807, 2.05) is 37.3 Å². The molecule has 0 atom stereocenters. The van der Waals surface area contributed by atoms with Crippen molar-refractivity contribution in [2.45, 2.75) is 6.92 Å². The number of methoxy groups -OCH3 is 1. The number of aryl methyl sites for hydroxylation is 1. The largest absolute Gasteiger partial charge is 0.497 e. The van der Waals surface area contributed by atoms with Gasteiger partial charge in [0.05, 0.1) is 11.6 Å². The van der Waals surface area contributed by atoms with Gasteiger partial charge in [-0.05, 0) is 58.7 Å². The van der Waals surface area contributed by atoms with Crippen LogP contribution in [-0.2, 0) is 0 Å². The van der Waals surface area contributed by atoms with E-state index in [-0.39, 0.29) is 0 Å². The maximum atomic E-state index is 5.68. The minimum absolute atomic E-state index is 0.565. The summed E-state index contributed by atoms with van der Waals surface area (Å²) in [4.78, 5) is 4.18. The van der Waals surface area contributed by atoms with Gasteiger partial charge in [-0.15, -0.1) is 0 Å². The molecular formula is C13H12BrNO2. The van der Waals surface area contributed by atoms with Crippen LogP contribution in [-0.4, -0.2) is 12.1 Å². The van der Waals surface area contributed by atoms with Gasteiger partial charge in [-0.2, -0.15) is 0 Å². The molecular weight excluding hydrogens is 282 g/mol. The van der Waals surface area contributed by atoms with Gasteiger partial charge in [0, 0.05) is 6.20 Å². The molecule has 0 saturated carbocycles. The van der Waals surface area contributed by atoms with Gasteiger partial charge in [-0.3, -0.25) is 0 Å². The van der Waals surface area contributed by atoms with E-state index < -0.39 is 0 Å². The third-order valence-corrected chi connectivity index (χ3v) is 3.29. The Bertz CT molecular complexity index is 511. The first kappa shape index (κ1) is 11.9. The standard InChI is InChI=1S/C13H12BrNO2/c1-9-7-8-15-13(12(9)14)17-11-5-3-10(16-2)4-6-11/h3-8H,1-2H3. The van der Waals surface area contributed by atoms with Crippen LogP contribution in [0.15, 0.2) is 41.0 Å². The van der Waals surface area contributed by atoms with Gasteiger partial charge < -0.3 is 9.47 Å². The van der Waals surface area contributed by atoms with Crippen LogP contribution in [0, 0.1) is 6.92 Å².